The van der Waals surface area contributed by atoms with Crippen molar-refractivity contribution < 1.29 is 4.79 Å². The van der Waals surface area contributed by atoms with Crippen LogP contribution in [0.1, 0.15) is 29.4 Å². The quantitative estimate of drug-likeness (QED) is 0.814. The zero-order valence-corrected chi connectivity index (χ0v) is 14.2. The predicted molar refractivity (Wildman–Crippen MR) is 91.3 cm³/mol. The van der Waals surface area contributed by atoms with Crippen molar-refractivity contribution in [3.63, 3.8) is 0 Å². The van der Waals surface area contributed by atoms with Gasteiger partial charge in [-0.3, -0.25) is 4.79 Å². The average molecular weight is 322 g/mol. The lowest BCUT2D eigenvalue weighted by molar-refractivity contribution is -0.110. The van der Waals surface area contributed by atoms with Crippen molar-refractivity contribution in [2.24, 2.45) is 7.05 Å². The van der Waals surface area contributed by atoms with Crippen LogP contribution in [-0.4, -0.2) is 15.4 Å². The molecule has 0 N–H and O–H groups in total. The van der Waals surface area contributed by atoms with E-state index >= 15 is 0 Å². The largest absolute Gasteiger partial charge is 0.351 e. The SMILES string of the molecule is CCSC(=O)Cc1cc(C)c(Cc2ccc(Cl)cc2)n1C. The number of rotatable bonds is 5. The number of nitrogens with zero attached hydrogens (tertiary/aromatic N) is 1. The average Bonchev–Trinajstić information content (AvgIpc) is 2.69. The number of carbonyl (C=O) groups excluding carboxylic acids is 1. The number of halogens is 1. The van der Waals surface area contributed by atoms with Crippen LogP contribution in [0.15, 0.2) is 30.3 Å². The fourth-order valence-corrected chi connectivity index (χ4v) is 3.15. The molecule has 4 heteroatoms. The normalized spacial score (nSPS) is 10.9. The highest BCUT2D eigenvalue weighted by molar-refractivity contribution is 8.13. The number of hydrogen-bond acceptors (Lipinski definition) is 2. The molecule has 0 atom stereocenters. The minimum atomic E-state index is 0.233. The van der Waals surface area contributed by atoms with E-state index in [0.717, 1.165) is 22.9 Å². The molecule has 0 aliphatic heterocycles. The number of carbonyl (C=O) groups is 1. The van der Waals surface area contributed by atoms with Gasteiger partial charge in [0.05, 0.1) is 6.42 Å². The summed E-state index contributed by atoms with van der Waals surface area (Å²) in [5.74, 6) is 0.833. The van der Waals surface area contributed by atoms with Crippen LogP contribution in [0.2, 0.25) is 5.02 Å². The summed E-state index contributed by atoms with van der Waals surface area (Å²) >= 11 is 7.31. The molecule has 1 heterocycles. The van der Waals surface area contributed by atoms with E-state index in [1.54, 1.807) is 0 Å². The summed E-state index contributed by atoms with van der Waals surface area (Å²) in [5, 5.41) is 0.987. The molecule has 2 nitrogen and oxygen atoms in total. The van der Waals surface area contributed by atoms with Crippen LogP contribution in [0.4, 0.5) is 0 Å². The number of thioether (sulfide) groups is 1. The van der Waals surface area contributed by atoms with Gasteiger partial charge in [-0.1, -0.05) is 42.4 Å². The first-order valence-corrected chi connectivity index (χ1v) is 8.41. The molecule has 2 rings (SSSR count). The zero-order chi connectivity index (χ0) is 15.4. The molecule has 1 aromatic heterocycles. The standard InChI is InChI=1S/C17H20ClNOS/c1-4-21-17(20)11-15-9-12(2)16(19(15)3)10-13-5-7-14(18)8-6-13/h5-9H,4,10-11H2,1-3H3. The van der Waals surface area contributed by atoms with Gasteiger partial charge in [-0.15, -0.1) is 0 Å². The van der Waals surface area contributed by atoms with Gasteiger partial charge < -0.3 is 4.57 Å². The van der Waals surface area contributed by atoms with Gasteiger partial charge in [0.15, 0.2) is 5.12 Å². The highest BCUT2D eigenvalue weighted by atomic mass is 35.5. The number of hydrogen-bond donors (Lipinski definition) is 0. The van der Waals surface area contributed by atoms with E-state index in [1.807, 2.05) is 38.2 Å². The highest BCUT2D eigenvalue weighted by Crippen LogP contribution is 2.21. The lowest BCUT2D eigenvalue weighted by Crippen LogP contribution is -2.06. The van der Waals surface area contributed by atoms with Crippen LogP contribution in [-0.2, 0) is 24.7 Å². The lowest BCUT2D eigenvalue weighted by Gasteiger charge is -2.08. The molecule has 0 saturated carbocycles. The Morgan fingerprint density at radius 1 is 1.29 bits per heavy atom. The number of aromatic nitrogens is 1. The Kier molecular flexibility index (Phi) is 5.54. The molecule has 0 aliphatic carbocycles. The van der Waals surface area contributed by atoms with Gasteiger partial charge in [0, 0.05) is 29.9 Å². The molecule has 0 saturated heterocycles. The zero-order valence-electron chi connectivity index (χ0n) is 12.6. The van der Waals surface area contributed by atoms with Gasteiger partial charge >= 0.3 is 0 Å². The minimum Gasteiger partial charge on any atom is -0.351 e. The van der Waals surface area contributed by atoms with Crippen molar-refractivity contribution in [2.45, 2.75) is 26.7 Å². The first-order valence-electron chi connectivity index (χ1n) is 7.05. The second-order valence-electron chi connectivity index (χ2n) is 5.11. The van der Waals surface area contributed by atoms with Gasteiger partial charge in [-0.25, -0.2) is 0 Å². The predicted octanol–water partition coefficient (Wildman–Crippen LogP) is 4.40. The fourth-order valence-electron chi connectivity index (χ4n) is 2.45. The Labute approximate surface area is 135 Å². The monoisotopic (exact) mass is 321 g/mol. The third kappa shape index (κ3) is 4.14. The van der Waals surface area contributed by atoms with Gasteiger partial charge in [-0.2, -0.15) is 0 Å². The van der Waals surface area contributed by atoms with Crippen LogP contribution in [0.25, 0.3) is 0 Å². The molecule has 0 spiro atoms. The van der Waals surface area contributed by atoms with Crippen molar-refractivity contribution in [3.05, 3.63) is 57.9 Å². The number of benzene rings is 1. The summed E-state index contributed by atoms with van der Waals surface area (Å²) < 4.78 is 2.15. The number of aryl methyl sites for hydroxylation is 1. The van der Waals surface area contributed by atoms with Gasteiger partial charge in [-0.05, 0) is 42.0 Å². The minimum absolute atomic E-state index is 0.233. The molecule has 0 bridgehead atoms. The Morgan fingerprint density at radius 2 is 1.95 bits per heavy atom. The van der Waals surface area contributed by atoms with Crippen LogP contribution in [0.3, 0.4) is 0 Å². The second-order valence-corrected chi connectivity index (χ2v) is 6.87. The Balaban J connectivity index is 2.18. The van der Waals surface area contributed by atoms with Crippen LogP contribution >= 0.6 is 23.4 Å². The Hall–Kier alpha value is -1.19. The third-order valence-electron chi connectivity index (χ3n) is 3.59. The van der Waals surface area contributed by atoms with E-state index in [2.05, 4.69) is 17.6 Å². The molecule has 0 amide bonds. The Morgan fingerprint density at radius 3 is 2.57 bits per heavy atom. The summed E-state index contributed by atoms with van der Waals surface area (Å²) in [5.41, 5.74) is 4.80. The van der Waals surface area contributed by atoms with E-state index < -0.39 is 0 Å². The smallest absolute Gasteiger partial charge is 0.194 e. The highest BCUT2D eigenvalue weighted by Gasteiger charge is 2.13. The fraction of sp³-hybridized carbons (Fsp3) is 0.353. The second kappa shape index (κ2) is 7.19. The summed E-state index contributed by atoms with van der Waals surface area (Å²) in [6, 6.07) is 10.0. The van der Waals surface area contributed by atoms with Crippen molar-refractivity contribution >= 4 is 28.5 Å². The maximum absolute atomic E-state index is 11.8. The molecule has 0 fully saturated rings. The van der Waals surface area contributed by atoms with Crippen molar-refractivity contribution in [1.29, 1.82) is 0 Å². The maximum atomic E-state index is 11.8. The molecule has 0 unspecified atom stereocenters. The molecule has 112 valence electrons. The van der Waals surface area contributed by atoms with Gasteiger partial charge in [0.2, 0.25) is 0 Å². The van der Waals surface area contributed by atoms with Gasteiger partial charge in [0.25, 0.3) is 0 Å². The van der Waals surface area contributed by atoms with E-state index in [9.17, 15) is 4.79 Å². The first kappa shape index (κ1) is 16.2. The van der Waals surface area contributed by atoms with Crippen molar-refractivity contribution in [1.82, 2.24) is 4.57 Å². The van der Waals surface area contributed by atoms with E-state index in [-0.39, 0.29) is 5.12 Å². The molecule has 1 aromatic carbocycles. The van der Waals surface area contributed by atoms with Crippen LogP contribution in [0, 0.1) is 6.92 Å². The van der Waals surface area contributed by atoms with E-state index in [1.165, 1.54) is 28.6 Å². The lowest BCUT2D eigenvalue weighted by atomic mass is 10.1. The maximum Gasteiger partial charge on any atom is 0.194 e. The van der Waals surface area contributed by atoms with Crippen molar-refractivity contribution in [2.75, 3.05) is 5.75 Å². The summed E-state index contributed by atoms with van der Waals surface area (Å²) in [7, 11) is 2.04. The van der Waals surface area contributed by atoms with E-state index in [0.29, 0.717) is 6.42 Å². The van der Waals surface area contributed by atoms with E-state index in [4.69, 9.17) is 11.6 Å². The molecular formula is C17H20ClNOS. The molecular weight excluding hydrogens is 302 g/mol. The molecule has 21 heavy (non-hydrogen) atoms. The Bertz CT molecular complexity index is 631. The topological polar surface area (TPSA) is 22.0 Å². The van der Waals surface area contributed by atoms with Crippen LogP contribution in [0.5, 0.6) is 0 Å². The van der Waals surface area contributed by atoms with Crippen LogP contribution < -0.4 is 0 Å². The van der Waals surface area contributed by atoms with Crippen molar-refractivity contribution in [3.8, 4) is 0 Å². The molecule has 0 aliphatic rings. The third-order valence-corrected chi connectivity index (χ3v) is 4.60. The van der Waals surface area contributed by atoms with Gasteiger partial charge in [0.1, 0.15) is 0 Å². The summed E-state index contributed by atoms with van der Waals surface area (Å²) in [6.07, 6.45) is 1.35. The summed E-state index contributed by atoms with van der Waals surface area (Å²) in [6.45, 7) is 4.11. The molecule has 0 radical (unpaired) electrons. The summed E-state index contributed by atoms with van der Waals surface area (Å²) in [4.78, 5) is 11.8. The first-order chi connectivity index (χ1) is 10.0. The molecule has 2 aromatic rings.